The lowest BCUT2D eigenvalue weighted by molar-refractivity contribution is -0.137. The highest BCUT2D eigenvalue weighted by Gasteiger charge is 2.35. The van der Waals surface area contributed by atoms with Crippen LogP contribution < -0.4 is 5.32 Å². The van der Waals surface area contributed by atoms with E-state index in [1.165, 1.54) is 25.7 Å². The fourth-order valence-corrected chi connectivity index (χ4v) is 3.66. The van der Waals surface area contributed by atoms with Crippen molar-refractivity contribution in [1.29, 1.82) is 0 Å². The molecule has 0 aromatic rings. The molecule has 1 saturated heterocycles. The fraction of sp³-hybridized carbons (Fsp3) is 0.882. The molecule has 1 aliphatic carbocycles. The van der Waals surface area contributed by atoms with E-state index in [1.54, 1.807) is 0 Å². The summed E-state index contributed by atoms with van der Waals surface area (Å²) >= 11 is 0. The molecule has 0 spiro atoms. The van der Waals surface area contributed by atoms with Crippen molar-refractivity contribution in [3.8, 4) is 0 Å². The highest BCUT2D eigenvalue weighted by Crippen LogP contribution is 2.35. The Kier molecular flexibility index (Phi) is 5.70. The molecule has 1 N–H and O–H groups in total. The second-order valence-electron chi connectivity index (χ2n) is 7.52. The van der Waals surface area contributed by atoms with Crippen LogP contribution in [0.5, 0.6) is 0 Å². The van der Waals surface area contributed by atoms with Gasteiger partial charge in [0.25, 0.3) is 0 Å². The summed E-state index contributed by atoms with van der Waals surface area (Å²) in [5.41, 5.74) is -0.504. The summed E-state index contributed by atoms with van der Waals surface area (Å²) < 4.78 is 5.18. The van der Waals surface area contributed by atoms with Gasteiger partial charge in [0.15, 0.2) is 0 Å². The number of nitrogens with one attached hydrogen (secondary N) is 1. The largest absolute Gasteiger partial charge is 0.444 e. The minimum Gasteiger partial charge on any atom is -0.444 e. The van der Waals surface area contributed by atoms with Gasteiger partial charge in [-0.05, 0) is 52.4 Å². The second kappa shape index (κ2) is 7.34. The topological polar surface area (TPSA) is 58.6 Å². The Bertz CT molecular complexity index is 401. The summed E-state index contributed by atoms with van der Waals surface area (Å²) in [5, 5.41) is 2.67. The fourth-order valence-electron chi connectivity index (χ4n) is 3.66. The van der Waals surface area contributed by atoms with Crippen molar-refractivity contribution >= 4 is 12.0 Å². The van der Waals surface area contributed by atoms with Crippen LogP contribution in [0.1, 0.15) is 65.7 Å². The lowest BCUT2D eigenvalue weighted by atomic mass is 9.78. The molecule has 1 saturated carbocycles. The zero-order valence-electron chi connectivity index (χ0n) is 14.2. The molecule has 0 aromatic heterocycles. The number of ether oxygens (including phenoxy) is 1. The summed E-state index contributed by atoms with van der Waals surface area (Å²) in [7, 11) is 0. The molecule has 0 radical (unpaired) electrons. The number of hydrogen-bond donors (Lipinski definition) is 1. The van der Waals surface area contributed by atoms with Crippen LogP contribution in [-0.4, -0.2) is 41.6 Å². The molecule has 2 fully saturated rings. The number of rotatable bonds is 3. The van der Waals surface area contributed by atoms with Crippen LogP contribution >= 0.6 is 0 Å². The first kappa shape index (κ1) is 17.1. The highest BCUT2D eigenvalue weighted by molar-refractivity contribution is 5.77. The maximum Gasteiger partial charge on any atom is 0.407 e. The number of fused-ring (bicyclic) bond motifs is 1. The number of likely N-dealkylation sites (tertiary alicyclic amines) is 1. The zero-order chi connectivity index (χ0) is 16.2. The molecule has 126 valence electrons. The van der Waals surface area contributed by atoms with E-state index in [4.69, 9.17) is 4.74 Å². The Morgan fingerprint density at radius 2 is 1.82 bits per heavy atom. The summed E-state index contributed by atoms with van der Waals surface area (Å²) in [6, 6.07) is 0.441. The van der Waals surface area contributed by atoms with Crippen LogP contribution in [0.25, 0.3) is 0 Å². The van der Waals surface area contributed by atoms with Crippen molar-refractivity contribution in [1.82, 2.24) is 10.2 Å². The van der Waals surface area contributed by atoms with E-state index in [0.717, 1.165) is 19.4 Å². The molecule has 5 nitrogen and oxygen atoms in total. The summed E-state index contributed by atoms with van der Waals surface area (Å²) in [5.74, 6) is 0.873. The highest BCUT2D eigenvalue weighted by atomic mass is 16.6. The standard InChI is InChI=1S/C17H30N2O3/c1-17(2,3)22-16(21)18-11-10-15(20)19-12-6-8-13-7-4-5-9-14(13)19/h13-14H,4-12H2,1-3H3,(H,18,21). The molecule has 2 unspecified atom stereocenters. The third-order valence-electron chi connectivity index (χ3n) is 4.57. The summed E-state index contributed by atoms with van der Waals surface area (Å²) in [6.07, 6.45) is 7.26. The lowest BCUT2D eigenvalue weighted by Gasteiger charge is -2.44. The average molecular weight is 310 g/mol. The number of amides is 2. The van der Waals surface area contributed by atoms with E-state index >= 15 is 0 Å². The molecule has 2 amide bonds. The van der Waals surface area contributed by atoms with Crippen molar-refractivity contribution in [3.63, 3.8) is 0 Å². The first-order chi connectivity index (χ1) is 10.4. The molecular weight excluding hydrogens is 280 g/mol. The molecule has 5 heteroatoms. The van der Waals surface area contributed by atoms with Gasteiger partial charge in [-0.3, -0.25) is 4.79 Å². The van der Waals surface area contributed by atoms with E-state index in [2.05, 4.69) is 10.2 Å². The Labute approximate surface area is 133 Å². The maximum atomic E-state index is 12.5. The zero-order valence-corrected chi connectivity index (χ0v) is 14.2. The van der Waals surface area contributed by atoms with Gasteiger partial charge in [0, 0.05) is 25.6 Å². The number of piperidine rings is 1. The Hall–Kier alpha value is -1.26. The maximum absolute atomic E-state index is 12.5. The first-order valence-corrected chi connectivity index (χ1v) is 8.63. The molecule has 22 heavy (non-hydrogen) atoms. The number of hydrogen-bond acceptors (Lipinski definition) is 3. The Balaban J connectivity index is 1.75. The SMILES string of the molecule is CC(C)(C)OC(=O)NCCC(=O)N1CCCC2CCCCC21. The monoisotopic (exact) mass is 310 g/mol. The molecule has 0 bridgehead atoms. The van der Waals surface area contributed by atoms with Crippen molar-refractivity contribution in [3.05, 3.63) is 0 Å². The smallest absolute Gasteiger partial charge is 0.407 e. The van der Waals surface area contributed by atoms with Gasteiger partial charge in [-0.2, -0.15) is 0 Å². The van der Waals surface area contributed by atoms with Gasteiger partial charge in [-0.1, -0.05) is 12.8 Å². The third kappa shape index (κ3) is 4.89. The van der Waals surface area contributed by atoms with Crippen molar-refractivity contribution in [2.24, 2.45) is 5.92 Å². The molecular formula is C17H30N2O3. The van der Waals surface area contributed by atoms with Crippen molar-refractivity contribution in [2.75, 3.05) is 13.1 Å². The quantitative estimate of drug-likeness (QED) is 0.871. The predicted molar refractivity (Wildman–Crippen MR) is 85.5 cm³/mol. The van der Waals surface area contributed by atoms with Crippen LogP contribution in [0.3, 0.4) is 0 Å². The van der Waals surface area contributed by atoms with E-state index < -0.39 is 11.7 Å². The Morgan fingerprint density at radius 1 is 1.14 bits per heavy atom. The van der Waals surface area contributed by atoms with Crippen LogP contribution in [0.4, 0.5) is 4.79 Å². The van der Waals surface area contributed by atoms with Crippen molar-refractivity contribution < 1.29 is 14.3 Å². The summed E-state index contributed by atoms with van der Waals surface area (Å²) in [4.78, 5) is 26.1. The molecule has 1 heterocycles. The van der Waals surface area contributed by atoms with Gasteiger partial charge < -0.3 is 15.0 Å². The van der Waals surface area contributed by atoms with E-state index in [0.29, 0.717) is 24.9 Å². The molecule has 2 rings (SSSR count). The normalized spacial score (nSPS) is 25.3. The minimum absolute atomic E-state index is 0.174. The number of carbonyl (C=O) groups excluding carboxylic acids is 2. The van der Waals surface area contributed by atoms with Crippen LogP contribution in [0.2, 0.25) is 0 Å². The molecule has 0 aromatic carbocycles. The Morgan fingerprint density at radius 3 is 2.55 bits per heavy atom. The van der Waals surface area contributed by atoms with Gasteiger partial charge in [-0.15, -0.1) is 0 Å². The molecule has 2 aliphatic rings. The second-order valence-corrected chi connectivity index (χ2v) is 7.52. The van der Waals surface area contributed by atoms with Crippen LogP contribution in [-0.2, 0) is 9.53 Å². The van der Waals surface area contributed by atoms with Gasteiger partial charge in [-0.25, -0.2) is 4.79 Å². The van der Waals surface area contributed by atoms with Gasteiger partial charge in [0.05, 0.1) is 0 Å². The van der Waals surface area contributed by atoms with Crippen LogP contribution in [0.15, 0.2) is 0 Å². The lowest BCUT2D eigenvalue weighted by Crippen LogP contribution is -2.50. The van der Waals surface area contributed by atoms with Gasteiger partial charge in [0.1, 0.15) is 5.60 Å². The predicted octanol–water partition coefficient (Wildman–Crippen LogP) is 3.08. The van der Waals surface area contributed by atoms with Crippen molar-refractivity contribution in [2.45, 2.75) is 77.4 Å². The first-order valence-electron chi connectivity index (χ1n) is 8.63. The third-order valence-corrected chi connectivity index (χ3v) is 4.57. The average Bonchev–Trinajstić information content (AvgIpc) is 2.44. The number of carbonyl (C=O) groups is 2. The van der Waals surface area contributed by atoms with Crippen LogP contribution in [0, 0.1) is 5.92 Å². The molecule has 1 aliphatic heterocycles. The number of nitrogens with zero attached hydrogens (tertiary/aromatic N) is 1. The van der Waals surface area contributed by atoms with E-state index in [-0.39, 0.29) is 5.91 Å². The number of alkyl carbamates (subject to hydrolysis) is 1. The van der Waals surface area contributed by atoms with E-state index in [9.17, 15) is 9.59 Å². The minimum atomic E-state index is -0.504. The molecule has 2 atom stereocenters. The van der Waals surface area contributed by atoms with Gasteiger partial charge in [0.2, 0.25) is 5.91 Å². The summed E-state index contributed by atoms with van der Waals surface area (Å²) in [6.45, 7) is 6.71. The van der Waals surface area contributed by atoms with Gasteiger partial charge >= 0.3 is 6.09 Å². The van der Waals surface area contributed by atoms with E-state index in [1.807, 2.05) is 20.8 Å².